The maximum Gasteiger partial charge on any atom is 0.206 e. The van der Waals surface area contributed by atoms with Gasteiger partial charge in [-0.15, -0.1) is 10.2 Å². The number of hydrogen-bond acceptors (Lipinski definition) is 4. The SMILES string of the molecule is CCCNc1nnc(-c2cccc(Br)c2F)s1. The van der Waals surface area contributed by atoms with Crippen molar-refractivity contribution in [2.75, 3.05) is 11.9 Å². The molecule has 2 rings (SSSR count). The molecule has 0 amide bonds. The Hall–Kier alpha value is -1.01. The highest BCUT2D eigenvalue weighted by atomic mass is 79.9. The monoisotopic (exact) mass is 315 g/mol. The molecule has 17 heavy (non-hydrogen) atoms. The zero-order chi connectivity index (χ0) is 12.3. The van der Waals surface area contributed by atoms with Gasteiger partial charge in [0.1, 0.15) is 5.82 Å². The molecule has 0 aliphatic carbocycles. The lowest BCUT2D eigenvalue weighted by atomic mass is 10.2. The van der Waals surface area contributed by atoms with E-state index in [0.29, 0.717) is 15.0 Å². The third-order valence-electron chi connectivity index (χ3n) is 2.13. The zero-order valence-electron chi connectivity index (χ0n) is 9.20. The molecule has 2 aromatic rings. The summed E-state index contributed by atoms with van der Waals surface area (Å²) in [5.41, 5.74) is 0.474. The van der Waals surface area contributed by atoms with Crippen molar-refractivity contribution in [3.63, 3.8) is 0 Å². The first-order valence-corrected chi connectivity index (χ1v) is 6.85. The van der Waals surface area contributed by atoms with Crippen LogP contribution < -0.4 is 5.32 Å². The van der Waals surface area contributed by atoms with Crippen molar-refractivity contribution in [3.05, 3.63) is 28.5 Å². The van der Waals surface area contributed by atoms with Crippen molar-refractivity contribution >= 4 is 32.4 Å². The Morgan fingerprint density at radius 1 is 1.41 bits per heavy atom. The van der Waals surface area contributed by atoms with Crippen LogP contribution >= 0.6 is 27.3 Å². The predicted octanol–water partition coefficient (Wildman–Crippen LogP) is 3.93. The van der Waals surface area contributed by atoms with Crippen molar-refractivity contribution in [1.29, 1.82) is 0 Å². The topological polar surface area (TPSA) is 37.8 Å². The molecule has 1 aromatic heterocycles. The number of hydrogen-bond donors (Lipinski definition) is 1. The number of anilines is 1. The summed E-state index contributed by atoms with van der Waals surface area (Å²) in [4.78, 5) is 0. The second kappa shape index (κ2) is 5.55. The van der Waals surface area contributed by atoms with Crippen LogP contribution in [0.5, 0.6) is 0 Å². The van der Waals surface area contributed by atoms with E-state index in [4.69, 9.17) is 0 Å². The quantitative estimate of drug-likeness (QED) is 0.929. The lowest BCUT2D eigenvalue weighted by Gasteiger charge is -1.99. The normalized spacial score (nSPS) is 10.5. The fourth-order valence-corrected chi connectivity index (χ4v) is 2.46. The molecule has 0 aliphatic rings. The van der Waals surface area contributed by atoms with E-state index in [9.17, 15) is 4.39 Å². The molecule has 0 radical (unpaired) electrons. The van der Waals surface area contributed by atoms with Gasteiger partial charge in [-0.2, -0.15) is 0 Å². The highest BCUT2D eigenvalue weighted by Gasteiger charge is 2.12. The average Bonchev–Trinajstić information content (AvgIpc) is 2.78. The molecule has 3 nitrogen and oxygen atoms in total. The van der Waals surface area contributed by atoms with Gasteiger partial charge in [-0.3, -0.25) is 0 Å². The Kier molecular flexibility index (Phi) is 4.06. The van der Waals surface area contributed by atoms with Crippen LogP contribution in [0.3, 0.4) is 0 Å². The summed E-state index contributed by atoms with van der Waals surface area (Å²) in [5.74, 6) is -0.300. The Bertz CT molecular complexity index is 515. The first kappa shape index (κ1) is 12.4. The number of halogens is 2. The van der Waals surface area contributed by atoms with Crippen LogP contribution in [-0.4, -0.2) is 16.7 Å². The van der Waals surface area contributed by atoms with E-state index in [1.54, 1.807) is 18.2 Å². The zero-order valence-corrected chi connectivity index (χ0v) is 11.6. The van der Waals surface area contributed by atoms with E-state index in [1.165, 1.54) is 11.3 Å². The predicted molar refractivity (Wildman–Crippen MR) is 71.8 cm³/mol. The van der Waals surface area contributed by atoms with E-state index < -0.39 is 0 Å². The molecule has 0 atom stereocenters. The number of benzene rings is 1. The van der Waals surface area contributed by atoms with Gasteiger partial charge >= 0.3 is 0 Å². The highest BCUT2D eigenvalue weighted by Crippen LogP contribution is 2.31. The summed E-state index contributed by atoms with van der Waals surface area (Å²) in [6.45, 7) is 2.92. The van der Waals surface area contributed by atoms with Crippen LogP contribution in [0.1, 0.15) is 13.3 Å². The van der Waals surface area contributed by atoms with Crippen molar-refractivity contribution in [2.24, 2.45) is 0 Å². The summed E-state index contributed by atoms with van der Waals surface area (Å²) >= 11 is 4.51. The lowest BCUT2D eigenvalue weighted by Crippen LogP contribution is -1.98. The molecule has 0 fully saturated rings. The summed E-state index contributed by atoms with van der Waals surface area (Å²) in [6.07, 6.45) is 1.01. The molecule has 6 heteroatoms. The van der Waals surface area contributed by atoms with E-state index in [1.807, 2.05) is 0 Å². The summed E-state index contributed by atoms with van der Waals surface area (Å²) < 4.78 is 14.3. The molecule has 0 bridgehead atoms. The first-order valence-electron chi connectivity index (χ1n) is 5.24. The Labute approximate surface area is 111 Å². The van der Waals surface area contributed by atoms with Gasteiger partial charge in [0.15, 0.2) is 5.01 Å². The molecule has 0 unspecified atom stereocenters. The molecule has 0 spiro atoms. The maximum atomic E-state index is 13.8. The van der Waals surface area contributed by atoms with Crippen molar-refractivity contribution < 1.29 is 4.39 Å². The van der Waals surface area contributed by atoms with Crippen molar-refractivity contribution in [1.82, 2.24) is 10.2 Å². The number of aromatic nitrogens is 2. The minimum atomic E-state index is -0.300. The smallest absolute Gasteiger partial charge is 0.206 e. The Morgan fingerprint density at radius 3 is 3.00 bits per heavy atom. The molecule has 1 N–H and O–H groups in total. The summed E-state index contributed by atoms with van der Waals surface area (Å²) in [7, 11) is 0. The number of rotatable bonds is 4. The van der Waals surface area contributed by atoms with E-state index >= 15 is 0 Å². The molecule has 0 saturated heterocycles. The van der Waals surface area contributed by atoms with Crippen LogP contribution in [0.25, 0.3) is 10.6 Å². The fourth-order valence-electron chi connectivity index (χ4n) is 1.30. The summed E-state index contributed by atoms with van der Waals surface area (Å²) in [5, 5.41) is 12.4. The molecule has 1 heterocycles. The maximum absolute atomic E-state index is 13.8. The molecular formula is C11H11BrFN3S. The fraction of sp³-hybridized carbons (Fsp3) is 0.273. The Balaban J connectivity index is 2.27. The van der Waals surface area contributed by atoms with Crippen LogP contribution in [0, 0.1) is 5.82 Å². The largest absolute Gasteiger partial charge is 0.360 e. The van der Waals surface area contributed by atoms with Crippen LogP contribution in [0.2, 0.25) is 0 Å². The second-order valence-corrected chi connectivity index (χ2v) is 5.27. The van der Waals surface area contributed by atoms with Crippen LogP contribution in [0.4, 0.5) is 9.52 Å². The van der Waals surface area contributed by atoms with E-state index in [2.05, 4.69) is 38.4 Å². The minimum absolute atomic E-state index is 0.300. The third kappa shape index (κ3) is 2.81. The molecule has 1 aromatic carbocycles. The van der Waals surface area contributed by atoms with E-state index in [0.717, 1.165) is 18.1 Å². The van der Waals surface area contributed by atoms with Crippen LogP contribution in [-0.2, 0) is 0 Å². The summed E-state index contributed by atoms with van der Waals surface area (Å²) in [6, 6.07) is 5.14. The van der Waals surface area contributed by atoms with Crippen molar-refractivity contribution in [3.8, 4) is 10.6 Å². The standard InChI is InChI=1S/C11H11BrFN3S/c1-2-6-14-11-16-15-10(17-11)7-4-3-5-8(12)9(7)13/h3-5H,2,6H2,1H3,(H,14,16). The average molecular weight is 316 g/mol. The lowest BCUT2D eigenvalue weighted by molar-refractivity contribution is 0.624. The third-order valence-corrected chi connectivity index (χ3v) is 3.66. The molecule has 90 valence electrons. The van der Waals surface area contributed by atoms with Gasteiger partial charge in [0.25, 0.3) is 0 Å². The minimum Gasteiger partial charge on any atom is -0.360 e. The van der Waals surface area contributed by atoms with Crippen LogP contribution in [0.15, 0.2) is 22.7 Å². The Morgan fingerprint density at radius 2 is 2.24 bits per heavy atom. The number of nitrogens with zero attached hydrogens (tertiary/aromatic N) is 2. The van der Waals surface area contributed by atoms with Gasteiger partial charge in [0.2, 0.25) is 5.13 Å². The van der Waals surface area contributed by atoms with Gasteiger partial charge in [-0.05, 0) is 34.5 Å². The first-order chi connectivity index (χ1) is 8.22. The van der Waals surface area contributed by atoms with Gasteiger partial charge in [-0.1, -0.05) is 24.3 Å². The highest BCUT2D eigenvalue weighted by molar-refractivity contribution is 9.10. The van der Waals surface area contributed by atoms with Gasteiger partial charge < -0.3 is 5.32 Å². The van der Waals surface area contributed by atoms with Gasteiger partial charge in [-0.25, -0.2) is 4.39 Å². The molecule has 0 aliphatic heterocycles. The van der Waals surface area contributed by atoms with Crippen molar-refractivity contribution in [2.45, 2.75) is 13.3 Å². The van der Waals surface area contributed by atoms with Gasteiger partial charge in [0.05, 0.1) is 4.47 Å². The number of nitrogens with one attached hydrogen (secondary N) is 1. The second-order valence-electron chi connectivity index (χ2n) is 3.44. The molecule has 0 saturated carbocycles. The van der Waals surface area contributed by atoms with E-state index in [-0.39, 0.29) is 5.82 Å². The van der Waals surface area contributed by atoms with Gasteiger partial charge in [0, 0.05) is 12.1 Å². The molecular weight excluding hydrogens is 305 g/mol.